The van der Waals surface area contributed by atoms with Crippen LogP contribution in [0.4, 0.5) is 0 Å². The second-order valence-corrected chi connectivity index (χ2v) is 11.8. The fourth-order valence-electron chi connectivity index (χ4n) is 5.57. The highest BCUT2D eigenvalue weighted by atomic mass is 16.5. The van der Waals surface area contributed by atoms with Crippen molar-refractivity contribution in [3.05, 3.63) is 64.2 Å². The zero-order valence-electron chi connectivity index (χ0n) is 25.2. The zero-order chi connectivity index (χ0) is 27.6. The molecular weight excluding hydrogens is 456 g/mol. The van der Waals surface area contributed by atoms with Crippen LogP contribution in [-0.4, -0.2) is 31.0 Å². The van der Waals surface area contributed by atoms with Crippen LogP contribution in [0.15, 0.2) is 36.4 Å². The number of aliphatic hydroxyl groups is 1. The van der Waals surface area contributed by atoms with Crippen molar-refractivity contribution in [3.63, 3.8) is 0 Å². The van der Waals surface area contributed by atoms with Crippen molar-refractivity contribution in [2.45, 2.75) is 124 Å². The van der Waals surface area contributed by atoms with Crippen molar-refractivity contribution in [2.24, 2.45) is 5.41 Å². The number of rotatable bonds is 16. The fourth-order valence-corrected chi connectivity index (χ4v) is 5.57. The molecule has 2 rings (SSSR count). The van der Waals surface area contributed by atoms with Crippen LogP contribution in [0.1, 0.15) is 114 Å². The lowest BCUT2D eigenvalue weighted by Crippen LogP contribution is -2.30. The van der Waals surface area contributed by atoms with Gasteiger partial charge >= 0.3 is 0 Å². The van der Waals surface area contributed by atoms with E-state index in [9.17, 15) is 5.11 Å². The molecule has 1 unspecified atom stereocenters. The van der Waals surface area contributed by atoms with Gasteiger partial charge < -0.3 is 14.6 Å². The Balaban J connectivity index is 2.22. The minimum Gasteiger partial charge on any atom is -0.491 e. The highest BCUT2D eigenvalue weighted by Gasteiger charge is 2.32. The van der Waals surface area contributed by atoms with Crippen LogP contribution >= 0.6 is 0 Å². The normalized spacial score (nSPS) is 14.0. The molecule has 2 aromatic rings. The number of hydrogen-bond acceptors (Lipinski definition) is 3. The van der Waals surface area contributed by atoms with E-state index in [4.69, 9.17) is 9.47 Å². The van der Waals surface area contributed by atoms with Gasteiger partial charge in [-0.2, -0.15) is 0 Å². The van der Waals surface area contributed by atoms with Crippen LogP contribution in [0.3, 0.4) is 0 Å². The summed E-state index contributed by atoms with van der Waals surface area (Å²) in [7, 11) is 1.71. The van der Waals surface area contributed by atoms with Gasteiger partial charge in [-0.05, 0) is 92.2 Å². The first kappa shape index (κ1) is 31.4. The second-order valence-electron chi connectivity index (χ2n) is 11.8. The van der Waals surface area contributed by atoms with E-state index in [1.807, 2.05) is 6.92 Å². The molecule has 2 aromatic carbocycles. The van der Waals surface area contributed by atoms with Gasteiger partial charge in [0, 0.05) is 12.5 Å². The summed E-state index contributed by atoms with van der Waals surface area (Å²) in [6, 6.07) is 13.7. The molecule has 37 heavy (non-hydrogen) atoms. The Morgan fingerprint density at radius 3 is 2.05 bits per heavy atom. The molecular formula is C34H54O3. The highest BCUT2D eigenvalue weighted by molar-refractivity contribution is 5.47. The van der Waals surface area contributed by atoms with E-state index in [2.05, 4.69) is 84.9 Å². The molecule has 0 aliphatic heterocycles. The van der Waals surface area contributed by atoms with Crippen LogP contribution < -0.4 is 4.74 Å². The molecule has 0 radical (unpaired) electrons. The minimum absolute atomic E-state index is 0.0298. The van der Waals surface area contributed by atoms with E-state index in [1.54, 1.807) is 7.11 Å². The third kappa shape index (κ3) is 8.07. The molecule has 0 bridgehead atoms. The quantitative estimate of drug-likeness (QED) is 0.229. The summed E-state index contributed by atoms with van der Waals surface area (Å²) < 4.78 is 11.3. The predicted molar refractivity (Wildman–Crippen MR) is 158 cm³/mol. The maximum absolute atomic E-state index is 11.0. The Hall–Kier alpha value is -1.84. The zero-order valence-corrected chi connectivity index (χ0v) is 25.2. The van der Waals surface area contributed by atoms with Crippen molar-refractivity contribution >= 4 is 0 Å². The first-order valence-electron chi connectivity index (χ1n) is 14.6. The first-order chi connectivity index (χ1) is 17.5. The summed E-state index contributed by atoms with van der Waals surface area (Å²) in [4.78, 5) is 0. The van der Waals surface area contributed by atoms with E-state index < -0.39 is 0 Å². The number of ether oxygens (including phenoxy) is 2. The summed E-state index contributed by atoms with van der Waals surface area (Å²) in [5.41, 5.74) is 6.49. The van der Waals surface area contributed by atoms with Crippen molar-refractivity contribution in [1.82, 2.24) is 0 Å². The first-order valence-corrected chi connectivity index (χ1v) is 14.6. The van der Waals surface area contributed by atoms with Gasteiger partial charge in [0.15, 0.2) is 0 Å². The van der Waals surface area contributed by atoms with E-state index >= 15 is 0 Å². The van der Waals surface area contributed by atoms with Crippen LogP contribution in [0.5, 0.6) is 5.75 Å². The third-order valence-electron chi connectivity index (χ3n) is 8.72. The predicted octanol–water partition coefficient (Wildman–Crippen LogP) is 8.72. The van der Waals surface area contributed by atoms with E-state index in [0.717, 1.165) is 43.4 Å². The van der Waals surface area contributed by atoms with Gasteiger partial charge in [0.05, 0.1) is 12.2 Å². The molecule has 0 amide bonds. The summed E-state index contributed by atoms with van der Waals surface area (Å²) in [5, 5.41) is 11.0. The molecule has 0 saturated carbocycles. The second kappa shape index (κ2) is 14.4. The number of unbranched alkanes of at least 4 members (excludes halogenated alkanes) is 2. The maximum Gasteiger partial charge on any atom is 0.122 e. The van der Waals surface area contributed by atoms with E-state index in [1.165, 1.54) is 41.5 Å². The molecule has 0 aliphatic carbocycles. The van der Waals surface area contributed by atoms with Gasteiger partial charge in [0.2, 0.25) is 0 Å². The number of benzene rings is 2. The average Bonchev–Trinajstić information content (AvgIpc) is 2.88. The van der Waals surface area contributed by atoms with Gasteiger partial charge in [-0.1, -0.05) is 84.2 Å². The number of aryl methyl sites for hydroxylation is 3. The van der Waals surface area contributed by atoms with Crippen LogP contribution in [-0.2, 0) is 16.6 Å². The van der Waals surface area contributed by atoms with Crippen molar-refractivity contribution in [1.29, 1.82) is 0 Å². The summed E-state index contributed by atoms with van der Waals surface area (Å²) in [6.07, 6.45) is 8.35. The third-order valence-corrected chi connectivity index (χ3v) is 8.72. The summed E-state index contributed by atoms with van der Waals surface area (Å²) >= 11 is 0. The molecule has 0 fully saturated rings. The molecule has 0 spiro atoms. The lowest BCUT2D eigenvalue weighted by molar-refractivity contribution is 0.0357. The van der Waals surface area contributed by atoms with Crippen molar-refractivity contribution < 1.29 is 14.6 Å². The van der Waals surface area contributed by atoms with Gasteiger partial charge in [-0.15, -0.1) is 0 Å². The van der Waals surface area contributed by atoms with E-state index in [0.29, 0.717) is 6.61 Å². The molecule has 0 heterocycles. The molecule has 0 saturated heterocycles. The minimum atomic E-state index is -0.274. The van der Waals surface area contributed by atoms with E-state index in [-0.39, 0.29) is 23.0 Å². The molecule has 3 nitrogen and oxygen atoms in total. The van der Waals surface area contributed by atoms with Gasteiger partial charge in [0.1, 0.15) is 12.4 Å². The highest BCUT2D eigenvalue weighted by Crippen LogP contribution is 2.41. The standard InChI is InChI=1S/C34H54O3/c1-10-13-14-21-33(7,8)32(35)20-16-28-15-17-29(22-25(28)4)34(11-2,12-3)30-18-19-31(26(5)23-30)37-24-27(6)36-9/h15,17-19,22-23,27,32,35H,10-14,16,20-21,24H2,1-9H3/t27-,32?/m0/s1. The fraction of sp³-hybridized carbons (Fsp3) is 0.647. The smallest absolute Gasteiger partial charge is 0.122 e. The van der Waals surface area contributed by atoms with Crippen LogP contribution in [0, 0.1) is 19.3 Å². The molecule has 2 atom stereocenters. The van der Waals surface area contributed by atoms with Gasteiger partial charge in [0.25, 0.3) is 0 Å². The summed E-state index contributed by atoms with van der Waals surface area (Å²) in [5.74, 6) is 0.927. The Morgan fingerprint density at radius 2 is 1.51 bits per heavy atom. The largest absolute Gasteiger partial charge is 0.491 e. The maximum atomic E-state index is 11.0. The molecule has 1 N–H and O–H groups in total. The van der Waals surface area contributed by atoms with Crippen molar-refractivity contribution in [2.75, 3.05) is 13.7 Å². The monoisotopic (exact) mass is 510 g/mol. The Bertz CT molecular complexity index is 958. The molecule has 208 valence electrons. The van der Waals surface area contributed by atoms with Gasteiger partial charge in [-0.3, -0.25) is 0 Å². The lowest BCUT2D eigenvalue weighted by atomic mass is 9.69. The Kier molecular flexibility index (Phi) is 12.2. The lowest BCUT2D eigenvalue weighted by Gasteiger charge is -2.34. The number of aliphatic hydroxyl groups excluding tert-OH is 1. The molecule has 0 aromatic heterocycles. The Morgan fingerprint density at radius 1 is 0.892 bits per heavy atom. The topological polar surface area (TPSA) is 38.7 Å². The number of hydrogen-bond donors (Lipinski definition) is 1. The SMILES string of the molecule is CCCCCC(C)(C)C(O)CCc1ccc(C(CC)(CC)c2ccc(OC[C@H](C)OC)c(C)c2)cc1C. The van der Waals surface area contributed by atoms with Gasteiger partial charge in [-0.25, -0.2) is 0 Å². The average molecular weight is 511 g/mol. The summed E-state index contributed by atoms with van der Waals surface area (Å²) in [6.45, 7) is 18.2. The molecule has 0 aliphatic rings. The molecule has 3 heteroatoms. The van der Waals surface area contributed by atoms with Crippen LogP contribution in [0.25, 0.3) is 0 Å². The number of methoxy groups -OCH3 is 1. The van der Waals surface area contributed by atoms with Crippen molar-refractivity contribution in [3.8, 4) is 5.75 Å². The Labute approximate surface area is 228 Å². The van der Waals surface area contributed by atoms with Crippen LogP contribution in [0.2, 0.25) is 0 Å².